The van der Waals surface area contributed by atoms with Crippen molar-refractivity contribution >= 4 is 23.2 Å². The van der Waals surface area contributed by atoms with Crippen LogP contribution in [0.25, 0.3) is 11.1 Å². The zero-order valence-corrected chi connectivity index (χ0v) is 14.9. The number of carbonyl (C=O) groups is 1. The van der Waals surface area contributed by atoms with Gasteiger partial charge in [-0.1, -0.05) is 0 Å². The quantitative estimate of drug-likeness (QED) is 0.612. The Morgan fingerprint density at radius 1 is 1.30 bits per heavy atom. The Morgan fingerprint density at radius 2 is 2.04 bits per heavy atom. The number of hydrogen-bond acceptors (Lipinski definition) is 9. The Morgan fingerprint density at radius 3 is 2.70 bits per heavy atom. The standard InChI is InChI=1S/C17H20N2O8/c1-17(2)14(24-3)12(21)13(22)16(27-17)25-8-4-11-9(18-6-8)5-10(19-7-20)15(23)26-11/h4-7,12-14,16,21-22H,1-3H3,(H,19,20)/t12?,13?,14-,16-/m1/s1. The number of hydrogen-bond donors (Lipinski definition) is 3. The summed E-state index contributed by atoms with van der Waals surface area (Å²) >= 11 is 0. The largest absolute Gasteiger partial charge is 0.460 e. The molecule has 2 aromatic heterocycles. The molecule has 1 amide bonds. The fraction of sp³-hybridized carbons (Fsp3) is 0.471. The molecule has 0 aliphatic carbocycles. The van der Waals surface area contributed by atoms with Gasteiger partial charge in [-0.25, -0.2) is 9.78 Å². The molecular formula is C17H20N2O8. The van der Waals surface area contributed by atoms with Gasteiger partial charge in [0.05, 0.1) is 11.8 Å². The summed E-state index contributed by atoms with van der Waals surface area (Å²) in [4.78, 5) is 26.4. The van der Waals surface area contributed by atoms with E-state index in [2.05, 4.69) is 10.3 Å². The normalized spacial score (nSPS) is 27.3. The Balaban J connectivity index is 1.87. The maximum atomic E-state index is 11.8. The second-order valence-corrected chi connectivity index (χ2v) is 6.61. The van der Waals surface area contributed by atoms with Crippen LogP contribution in [0.3, 0.4) is 0 Å². The summed E-state index contributed by atoms with van der Waals surface area (Å²) in [7, 11) is 1.41. The van der Waals surface area contributed by atoms with E-state index in [9.17, 15) is 19.8 Å². The van der Waals surface area contributed by atoms with E-state index in [4.69, 9.17) is 18.6 Å². The molecule has 1 aliphatic heterocycles. The molecule has 2 unspecified atom stereocenters. The molecular weight excluding hydrogens is 360 g/mol. The summed E-state index contributed by atoms with van der Waals surface area (Å²) in [5.41, 5.74) is -1.28. The monoisotopic (exact) mass is 380 g/mol. The van der Waals surface area contributed by atoms with Gasteiger partial charge in [0, 0.05) is 13.2 Å². The van der Waals surface area contributed by atoms with Gasteiger partial charge in [0.25, 0.3) is 0 Å². The summed E-state index contributed by atoms with van der Waals surface area (Å²) < 4.78 is 21.6. The lowest BCUT2D eigenvalue weighted by Gasteiger charge is -2.46. The first kappa shape index (κ1) is 19.2. The number of nitrogens with zero attached hydrogens (tertiary/aromatic N) is 1. The van der Waals surface area contributed by atoms with Gasteiger partial charge in [-0.05, 0) is 19.9 Å². The maximum absolute atomic E-state index is 11.8. The van der Waals surface area contributed by atoms with Gasteiger partial charge < -0.3 is 34.2 Å². The van der Waals surface area contributed by atoms with E-state index in [1.54, 1.807) is 13.8 Å². The first-order chi connectivity index (χ1) is 12.8. The highest BCUT2D eigenvalue weighted by Gasteiger charge is 2.50. The number of pyridine rings is 1. The zero-order valence-electron chi connectivity index (χ0n) is 14.9. The maximum Gasteiger partial charge on any atom is 0.360 e. The van der Waals surface area contributed by atoms with Gasteiger partial charge in [-0.2, -0.15) is 0 Å². The van der Waals surface area contributed by atoms with Crippen LogP contribution >= 0.6 is 0 Å². The first-order valence-corrected chi connectivity index (χ1v) is 8.14. The number of aliphatic hydroxyl groups excluding tert-OH is 2. The fourth-order valence-electron chi connectivity index (χ4n) is 3.04. The van der Waals surface area contributed by atoms with Crippen molar-refractivity contribution in [2.24, 2.45) is 0 Å². The third-order valence-corrected chi connectivity index (χ3v) is 4.32. The number of rotatable bonds is 5. The predicted octanol–water partition coefficient (Wildman–Crippen LogP) is 0.00680. The van der Waals surface area contributed by atoms with Crippen molar-refractivity contribution in [1.29, 1.82) is 0 Å². The lowest BCUT2D eigenvalue weighted by atomic mass is 9.89. The molecule has 1 fully saturated rings. The number of carbonyl (C=O) groups excluding carboxylic acids is 1. The number of amides is 1. The highest BCUT2D eigenvalue weighted by Crippen LogP contribution is 2.32. The van der Waals surface area contributed by atoms with Crippen LogP contribution in [0.1, 0.15) is 13.8 Å². The van der Waals surface area contributed by atoms with E-state index in [0.717, 1.165) is 0 Å². The summed E-state index contributed by atoms with van der Waals surface area (Å²) in [6.07, 6.45) is -2.84. The summed E-state index contributed by atoms with van der Waals surface area (Å²) in [6.45, 7) is 3.40. The Hall–Kier alpha value is -2.53. The summed E-state index contributed by atoms with van der Waals surface area (Å²) in [5, 5.41) is 22.8. The minimum atomic E-state index is -1.37. The van der Waals surface area contributed by atoms with E-state index in [1.807, 2.05) is 0 Å². The molecule has 10 nitrogen and oxygen atoms in total. The van der Waals surface area contributed by atoms with Gasteiger partial charge >= 0.3 is 5.63 Å². The number of aliphatic hydroxyl groups is 2. The molecule has 3 rings (SSSR count). The molecule has 1 saturated heterocycles. The highest BCUT2D eigenvalue weighted by molar-refractivity contribution is 5.80. The minimum Gasteiger partial charge on any atom is -0.460 e. The van der Waals surface area contributed by atoms with E-state index in [0.29, 0.717) is 11.9 Å². The first-order valence-electron chi connectivity index (χ1n) is 8.14. The molecule has 0 saturated carbocycles. The molecule has 10 heteroatoms. The summed E-state index contributed by atoms with van der Waals surface area (Å²) in [6, 6.07) is 2.76. The number of fused-ring (bicyclic) bond motifs is 1. The van der Waals surface area contributed by atoms with Crippen LogP contribution in [0.5, 0.6) is 5.75 Å². The van der Waals surface area contributed by atoms with E-state index >= 15 is 0 Å². The number of anilines is 1. The molecule has 2 aromatic rings. The smallest absolute Gasteiger partial charge is 0.360 e. The minimum absolute atomic E-state index is 0.0415. The van der Waals surface area contributed by atoms with Gasteiger partial charge in [0.1, 0.15) is 35.3 Å². The molecule has 0 radical (unpaired) electrons. The number of ether oxygens (including phenoxy) is 3. The van der Waals surface area contributed by atoms with Gasteiger partial charge in [-0.15, -0.1) is 0 Å². The average Bonchev–Trinajstić information content (AvgIpc) is 2.60. The predicted molar refractivity (Wildman–Crippen MR) is 92.4 cm³/mol. The van der Waals surface area contributed by atoms with Gasteiger partial charge in [-0.3, -0.25) is 4.79 Å². The third kappa shape index (κ3) is 3.65. The van der Waals surface area contributed by atoms with Crippen LogP contribution in [-0.4, -0.2) is 58.9 Å². The second kappa shape index (κ2) is 7.24. The van der Waals surface area contributed by atoms with Crippen molar-refractivity contribution in [2.45, 2.75) is 44.1 Å². The van der Waals surface area contributed by atoms with Crippen molar-refractivity contribution < 1.29 is 33.6 Å². The van der Waals surface area contributed by atoms with E-state index < -0.39 is 35.8 Å². The van der Waals surface area contributed by atoms with Crippen molar-refractivity contribution in [3.8, 4) is 5.75 Å². The average molecular weight is 380 g/mol. The van der Waals surface area contributed by atoms with Crippen LogP contribution in [0, 0.1) is 0 Å². The van der Waals surface area contributed by atoms with Crippen molar-refractivity contribution in [3.05, 3.63) is 28.7 Å². The van der Waals surface area contributed by atoms with Crippen LogP contribution in [-0.2, 0) is 14.3 Å². The van der Waals surface area contributed by atoms with Crippen LogP contribution in [0.2, 0.25) is 0 Å². The van der Waals surface area contributed by atoms with Crippen molar-refractivity contribution in [1.82, 2.24) is 4.98 Å². The molecule has 0 spiro atoms. The second-order valence-electron chi connectivity index (χ2n) is 6.61. The van der Waals surface area contributed by atoms with E-state index in [-0.39, 0.29) is 17.0 Å². The Labute approximate surface area is 153 Å². The topological polar surface area (TPSA) is 140 Å². The fourth-order valence-corrected chi connectivity index (χ4v) is 3.04. The van der Waals surface area contributed by atoms with Crippen LogP contribution < -0.4 is 15.7 Å². The molecule has 27 heavy (non-hydrogen) atoms. The van der Waals surface area contributed by atoms with Gasteiger partial charge in [0.2, 0.25) is 12.7 Å². The number of aromatic nitrogens is 1. The van der Waals surface area contributed by atoms with E-state index in [1.165, 1.54) is 25.4 Å². The zero-order chi connectivity index (χ0) is 19.8. The van der Waals surface area contributed by atoms with Gasteiger partial charge in [0.15, 0.2) is 5.58 Å². The molecule has 0 aromatic carbocycles. The third-order valence-electron chi connectivity index (χ3n) is 4.32. The molecule has 0 bridgehead atoms. The Kier molecular flexibility index (Phi) is 5.16. The lowest BCUT2D eigenvalue weighted by Crippen LogP contribution is -2.63. The Bertz CT molecular complexity index is 896. The summed E-state index contributed by atoms with van der Waals surface area (Å²) in [5.74, 6) is 0.157. The van der Waals surface area contributed by atoms with Crippen LogP contribution in [0.15, 0.2) is 27.5 Å². The highest BCUT2D eigenvalue weighted by atomic mass is 16.7. The molecule has 3 heterocycles. The van der Waals surface area contributed by atoms with Crippen molar-refractivity contribution in [2.75, 3.05) is 12.4 Å². The number of nitrogens with one attached hydrogen (secondary N) is 1. The van der Waals surface area contributed by atoms with Crippen LogP contribution in [0.4, 0.5) is 5.69 Å². The molecule has 146 valence electrons. The lowest BCUT2D eigenvalue weighted by molar-refractivity contribution is -0.306. The molecule has 4 atom stereocenters. The van der Waals surface area contributed by atoms with Crippen molar-refractivity contribution in [3.63, 3.8) is 0 Å². The molecule has 3 N–H and O–H groups in total. The number of methoxy groups -OCH3 is 1. The SMILES string of the molecule is CO[C@@H]1C(O)C(O)[C@H](Oc2cnc3cc(NC=O)c(=O)oc3c2)OC1(C)C. The molecule has 1 aliphatic rings.